The lowest BCUT2D eigenvalue weighted by Gasteiger charge is -2.22. The predicted molar refractivity (Wildman–Crippen MR) is 133 cm³/mol. The monoisotopic (exact) mass is 495 g/mol. The summed E-state index contributed by atoms with van der Waals surface area (Å²) in [5.41, 5.74) is 2.81. The topological polar surface area (TPSA) is 99.5 Å². The van der Waals surface area contributed by atoms with E-state index in [2.05, 4.69) is 11.4 Å². The highest BCUT2D eigenvalue weighted by molar-refractivity contribution is 7.92. The molecule has 0 fully saturated rings. The Balaban J connectivity index is 1.67. The van der Waals surface area contributed by atoms with Crippen molar-refractivity contribution in [2.75, 3.05) is 23.8 Å². The lowest BCUT2D eigenvalue weighted by molar-refractivity contribution is 0.102. The lowest BCUT2D eigenvalue weighted by atomic mass is 9.96. The van der Waals surface area contributed by atoms with Crippen LogP contribution in [-0.4, -0.2) is 28.5 Å². The van der Waals surface area contributed by atoms with Crippen LogP contribution in [0.3, 0.4) is 0 Å². The number of methoxy groups -OCH3 is 1. The summed E-state index contributed by atoms with van der Waals surface area (Å²) in [6.45, 7) is 1.75. The highest BCUT2D eigenvalue weighted by Crippen LogP contribution is 2.38. The van der Waals surface area contributed by atoms with E-state index in [1.165, 1.54) is 37.6 Å². The number of nitriles is 1. The van der Waals surface area contributed by atoms with Crippen LogP contribution in [0.1, 0.15) is 44.8 Å². The van der Waals surface area contributed by atoms with Gasteiger partial charge in [0, 0.05) is 17.5 Å². The third kappa shape index (κ3) is 4.27. The maximum atomic E-state index is 13.4. The first-order valence-corrected chi connectivity index (χ1v) is 13.1. The SMILES string of the molecule is COc1ccccc1N(C)S(=O)(=O)c1ccc(C)c(C(=O)Nc2sc3c(c2C#N)CCCC3)c1. The molecule has 1 aliphatic carbocycles. The van der Waals surface area contributed by atoms with Crippen LogP contribution in [-0.2, 0) is 22.9 Å². The summed E-state index contributed by atoms with van der Waals surface area (Å²) in [6.07, 6.45) is 3.86. The molecule has 0 unspecified atom stereocenters. The number of anilines is 2. The average molecular weight is 496 g/mol. The predicted octanol–water partition coefficient (Wildman–Crippen LogP) is 4.89. The lowest BCUT2D eigenvalue weighted by Crippen LogP contribution is -2.27. The van der Waals surface area contributed by atoms with Gasteiger partial charge in [-0.15, -0.1) is 11.3 Å². The zero-order chi connectivity index (χ0) is 24.5. The number of nitrogens with one attached hydrogen (secondary N) is 1. The first-order valence-electron chi connectivity index (χ1n) is 10.9. The van der Waals surface area contributed by atoms with Crippen molar-refractivity contribution in [3.05, 3.63) is 69.6 Å². The summed E-state index contributed by atoms with van der Waals surface area (Å²) >= 11 is 1.44. The number of rotatable bonds is 6. The van der Waals surface area contributed by atoms with E-state index >= 15 is 0 Å². The summed E-state index contributed by atoms with van der Waals surface area (Å²) in [5.74, 6) is -0.0195. The molecule has 34 heavy (non-hydrogen) atoms. The van der Waals surface area contributed by atoms with Crippen molar-refractivity contribution in [3.8, 4) is 11.8 Å². The third-order valence-electron chi connectivity index (χ3n) is 6.05. The smallest absolute Gasteiger partial charge is 0.264 e. The van der Waals surface area contributed by atoms with Gasteiger partial charge in [0.05, 0.1) is 23.3 Å². The van der Waals surface area contributed by atoms with E-state index in [1.54, 1.807) is 37.3 Å². The standard InChI is InChI=1S/C25H25N3O4S2/c1-16-12-13-17(34(30,31)28(2)21-9-5-6-10-22(21)32-3)14-19(16)24(29)27-25-20(15-26)18-8-4-7-11-23(18)33-25/h5-6,9-10,12-14H,4,7-8,11H2,1-3H3,(H,27,29). The second-order valence-electron chi connectivity index (χ2n) is 8.10. The summed E-state index contributed by atoms with van der Waals surface area (Å²) in [7, 11) is -1.04. The first kappa shape index (κ1) is 23.8. The minimum atomic E-state index is -3.96. The van der Waals surface area contributed by atoms with E-state index in [0.29, 0.717) is 27.6 Å². The van der Waals surface area contributed by atoms with Gasteiger partial charge < -0.3 is 10.1 Å². The molecule has 0 spiro atoms. The highest BCUT2D eigenvalue weighted by Gasteiger charge is 2.26. The number of sulfonamides is 1. The normalized spacial score (nSPS) is 13.0. The number of nitrogens with zero attached hydrogens (tertiary/aromatic N) is 2. The maximum absolute atomic E-state index is 13.4. The van der Waals surface area contributed by atoms with Crippen LogP contribution in [0.5, 0.6) is 5.75 Å². The molecule has 0 saturated carbocycles. The molecule has 7 nitrogen and oxygen atoms in total. The largest absolute Gasteiger partial charge is 0.495 e. The maximum Gasteiger partial charge on any atom is 0.264 e. The number of carbonyl (C=O) groups excluding carboxylic acids is 1. The fourth-order valence-electron chi connectivity index (χ4n) is 4.13. The molecule has 9 heteroatoms. The Kier molecular flexibility index (Phi) is 6.64. The Labute approximate surface area is 203 Å². The van der Waals surface area contributed by atoms with E-state index in [1.807, 2.05) is 0 Å². The number of hydrogen-bond donors (Lipinski definition) is 1. The number of thiophene rings is 1. The quantitative estimate of drug-likeness (QED) is 0.525. The number of fused-ring (bicyclic) bond motifs is 1. The Bertz CT molecular complexity index is 1400. The van der Waals surface area contributed by atoms with E-state index in [-0.39, 0.29) is 10.5 Å². The van der Waals surface area contributed by atoms with E-state index in [9.17, 15) is 18.5 Å². The second-order valence-corrected chi connectivity index (χ2v) is 11.2. The Morgan fingerprint density at radius 2 is 1.91 bits per heavy atom. The first-order chi connectivity index (χ1) is 16.3. The van der Waals surface area contributed by atoms with E-state index in [4.69, 9.17) is 4.74 Å². The van der Waals surface area contributed by atoms with Crippen LogP contribution in [0.15, 0.2) is 47.4 Å². The molecule has 4 rings (SSSR count). The summed E-state index contributed by atoms with van der Waals surface area (Å²) in [5, 5.41) is 13.1. The number of amides is 1. The van der Waals surface area contributed by atoms with E-state index < -0.39 is 15.9 Å². The molecule has 1 N–H and O–H groups in total. The minimum absolute atomic E-state index is 0.0114. The Morgan fingerprint density at radius 3 is 2.65 bits per heavy atom. The highest BCUT2D eigenvalue weighted by atomic mass is 32.2. The number of ether oxygens (including phenoxy) is 1. The van der Waals surface area contributed by atoms with Crippen LogP contribution in [0.4, 0.5) is 10.7 Å². The molecule has 0 radical (unpaired) electrons. The van der Waals surface area contributed by atoms with Gasteiger partial charge in [-0.25, -0.2) is 8.42 Å². The van der Waals surface area contributed by atoms with Gasteiger partial charge in [-0.2, -0.15) is 5.26 Å². The van der Waals surface area contributed by atoms with Gasteiger partial charge in [0.1, 0.15) is 16.8 Å². The zero-order valence-corrected chi connectivity index (χ0v) is 20.8. The van der Waals surface area contributed by atoms with Crippen molar-refractivity contribution < 1.29 is 17.9 Å². The molecule has 176 valence electrons. The van der Waals surface area contributed by atoms with Gasteiger partial charge in [-0.3, -0.25) is 9.10 Å². The Hall–Kier alpha value is -3.35. The number of benzene rings is 2. The molecule has 1 amide bonds. The molecule has 0 saturated heterocycles. The molecular weight excluding hydrogens is 470 g/mol. The van der Waals surface area contributed by atoms with Crippen LogP contribution in [0.25, 0.3) is 0 Å². The van der Waals surface area contributed by atoms with Gasteiger partial charge in [0.25, 0.3) is 15.9 Å². The molecule has 0 aliphatic heterocycles. The van der Waals surface area contributed by atoms with Crippen LogP contribution >= 0.6 is 11.3 Å². The molecular formula is C25H25N3O4S2. The van der Waals surface area contributed by atoms with Crippen molar-refractivity contribution in [1.82, 2.24) is 0 Å². The fourth-order valence-corrected chi connectivity index (χ4v) is 6.59. The molecule has 0 atom stereocenters. The Morgan fingerprint density at radius 1 is 1.18 bits per heavy atom. The molecule has 2 aromatic carbocycles. The number of para-hydroxylation sites is 2. The second kappa shape index (κ2) is 9.49. The van der Waals surface area contributed by atoms with Crippen molar-refractivity contribution >= 4 is 38.0 Å². The van der Waals surface area contributed by atoms with Crippen molar-refractivity contribution in [2.45, 2.75) is 37.5 Å². The zero-order valence-electron chi connectivity index (χ0n) is 19.2. The van der Waals surface area contributed by atoms with Crippen molar-refractivity contribution in [2.24, 2.45) is 0 Å². The van der Waals surface area contributed by atoms with Gasteiger partial charge in [0.2, 0.25) is 0 Å². The summed E-state index contributed by atoms with van der Waals surface area (Å²) in [6, 6.07) is 13.5. The van der Waals surface area contributed by atoms with Crippen LogP contribution in [0.2, 0.25) is 0 Å². The number of hydrogen-bond acceptors (Lipinski definition) is 6. The summed E-state index contributed by atoms with van der Waals surface area (Å²) < 4.78 is 33.2. The van der Waals surface area contributed by atoms with Crippen molar-refractivity contribution in [3.63, 3.8) is 0 Å². The molecule has 1 aliphatic rings. The molecule has 1 heterocycles. The number of aryl methyl sites for hydroxylation is 2. The average Bonchev–Trinajstić information content (AvgIpc) is 3.20. The van der Waals surface area contributed by atoms with Crippen LogP contribution < -0.4 is 14.4 Å². The van der Waals surface area contributed by atoms with Gasteiger partial charge >= 0.3 is 0 Å². The number of carbonyl (C=O) groups is 1. The van der Waals surface area contributed by atoms with E-state index in [0.717, 1.165) is 40.4 Å². The third-order valence-corrected chi connectivity index (χ3v) is 9.02. The minimum Gasteiger partial charge on any atom is -0.495 e. The van der Waals surface area contributed by atoms with Gasteiger partial charge in [-0.05, 0) is 68.0 Å². The summed E-state index contributed by atoms with van der Waals surface area (Å²) in [4.78, 5) is 14.3. The molecule has 3 aromatic rings. The molecule has 1 aromatic heterocycles. The van der Waals surface area contributed by atoms with Gasteiger partial charge in [0.15, 0.2) is 0 Å². The molecule has 0 bridgehead atoms. The fraction of sp³-hybridized carbons (Fsp3) is 0.280. The van der Waals surface area contributed by atoms with Crippen molar-refractivity contribution in [1.29, 1.82) is 5.26 Å². The van der Waals surface area contributed by atoms with Crippen LogP contribution in [0, 0.1) is 18.3 Å². The van der Waals surface area contributed by atoms with Gasteiger partial charge in [-0.1, -0.05) is 18.2 Å².